The molecule has 5 nitrogen and oxygen atoms in total. The standard InChI is InChI=1S/C14H17NO4/c1-4-19-14(18)12(15-10(3)16)13(17)11-8-6-5-7-9(11)2/h5-8,12H,4H2,1-3H3,(H,15,16)/t12-/m0/s1. The molecule has 0 bridgehead atoms. The average molecular weight is 263 g/mol. The number of hydrogen-bond acceptors (Lipinski definition) is 4. The molecule has 1 N–H and O–H groups in total. The SMILES string of the molecule is CCOC(=O)[C@@H](NC(C)=O)C(=O)c1ccccc1C. The summed E-state index contributed by atoms with van der Waals surface area (Å²) in [5.41, 5.74) is 1.14. The van der Waals surface area contributed by atoms with Crippen LogP contribution < -0.4 is 5.32 Å². The molecular formula is C14H17NO4. The van der Waals surface area contributed by atoms with Gasteiger partial charge in [0.2, 0.25) is 5.91 Å². The van der Waals surface area contributed by atoms with E-state index in [0.29, 0.717) is 5.56 Å². The van der Waals surface area contributed by atoms with Gasteiger partial charge in [0.05, 0.1) is 6.61 Å². The first kappa shape index (κ1) is 14.9. The summed E-state index contributed by atoms with van der Waals surface area (Å²) in [6.07, 6.45) is 0. The van der Waals surface area contributed by atoms with Crippen molar-refractivity contribution in [3.63, 3.8) is 0 Å². The second kappa shape index (κ2) is 6.68. The van der Waals surface area contributed by atoms with Gasteiger partial charge < -0.3 is 10.1 Å². The highest BCUT2D eigenvalue weighted by molar-refractivity contribution is 6.14. The van der Waals surface area contributed by atoms with E-state index in [2.05, 4.69) is 5.32 Å². The molecule has 1 amide bonds. The summed E-state index contributed by atoms with van der Waals surface area (Å²) >= 11 is 0. The van der Waals surface area contributed by atoms with Crippen molar-refractivity contribution in [2.45, 2.75) is 26.8 Å². The molecule has 0 aliphatic carbocycles. The number of rotatable bonds is 5. The molecule has 1 aromatic carbocycles. The van der Waals surface area contributed by atoms with E-state index in [9.17, 15) is 14.4 Å². The Labute approximate surface area is 111 Å². The van der Waals surface area contributed by atoms with Crippen LogP contribution in [-0.4, -0.2) is 30.3 Å². The van der Waals surface area contributed by atoms with Crippen LogP contribution in [0.25, 0.3) is 0 Å². The van der Waals surface area contributed by atoms with Crippen molar-refractivity contribution in [1.29, 1.82) is 0 Å². The highest BCUT2D eigenvalue weighted by Crippen LogP contribution is 2.11. The minimum Gasteiger partial charge on any atom is -0.464 e. The van der Waals surface area contributed by atoms with Crippen LogP contribution in [0.1, 0.15) is 29.8 Å². The molecule has 0 fully saturated rings. The number of esters is 1. The van der Waals surface area contributed by atoms with Gasteiger partial charge in [-0.25, -0.2) is 4.79 Å². The van der Waals surface area contributed by atoms with Gasteiger partial charge in [0, 0.05) is 12.5 Å². The van der Waals surface area contributed by atoms with Crippen LogP contribution >= 0.6 is 0 Å². The number of carbonyl (C=O) groups is 3. The van der Waals surface area contributed by atoms with Crippen LogP contribution in [-0.2, 0) is 14.3 Å². The van der Waals surface area contributed by atoms with Crippen molar-refractivity contribution in [3.05, 3.63) is 35.4 Å². The highest BCUT2D eigenvalue weighted by atomic mass is 16.5. The third-order valence-electron chi connectivity index (χ3n) is 2.54. The summed E-state index contributed by atoms with van der Waals surface area (Å²) in [6, 6.07) is 5.59. The molecule has 1 atom stereocenters. The number of carbonyl (C=O) groups excluding carboxylic acids is 3. The summed E-state index contributed by atoms with van der Waals surface area (Å²) in [4.78, 5) is 35.2. The molecule has 0 aromatic heterocycles. The van der Waals surface area contributed by atoms with Crippen molar-refractivity contribution in [3.8, 4) is 0 Å². The smallest absolute Gasteiger partial charge is 0.336 e. The summed E-state index contributed by atoms with van der Waals surface area (Å²) in [6.45, 7) is 4.80. The molecule has 0 heterocycles. The zero-order valence-corrected chi connectivity index (χ0v) is 11.2. The zero-order chi connectivity index (χ0) is 14.4. The normalized spacial score (nSPS) is 11.5. The minimum atomic E-state index is -1.29. The lowest BCUT2D eigenvalue weighted by Crippen LogP contribution is -2.46. The molecule has 102 valence electrons. The minimum absolute atomic E-state index is 0.149. The summed E-state index contributed by atoms with van der Waals surface area (Å²) < 4.78 is 4.81. The van der Waals surface area contributed by atoms with Crippen molar-refractivity contribution in [1.82, 2.24) is 5.32 Å². The molecule has 0 aliphatic heterocycles. The summed E-state index contributed by atoms with van der Waals surface area (Å²) in [7, 11) is 0. The zero-order valence-electron chi connectivity index (χ0n) is 11.2. The third-order valence-corrected chi connectivity index (χ3v) is 2.54. The molecule has 5 heteroatoms. The lowest BCUT2D eigenvalue weighted by molar-refractivity contribution is -0.145. The molecule has 1 aromatic rings. The Bertz CT molecular complexity index is 496. The average Bonchev–Trinajstić information content (AvgIpc) is 2.36. The van der Waals surface area contributed by atoms with Gasteiger partial charge in [0.15, 0.2) is 11.8 Å². The van der Waals surface area contributed by atoms with Crippen molar-refractivity contribution < 1.29 is 19.1 Å². The van der Waals surface area contributed by atoms with E-state index in [0.717, 1.165) is 5.56 Å². The molecule has 0 unspecified atom stereocenters. The molecule has 19 heavy (non-hydrogen) atoms. The fraction of sp³-hybridized carbons (Fsp3) is 0.357. The van der Waals surface area contributed by atoms with Crippen molar-refractivity contribution in [2.75, 3.05) is 6.61 Å². The Hall–Kier alpha value is -2.17. The molecular weight excluding hydrogens is 246 g/mol. The first-order valence-electron chi connectivity index (χ1n) is 6.01. The molecule has 0 aliphatic rings. The van der Waals surface area contributed by atoms with Gasteiger partial charge in [0.1, 0.15) is 0 Å². The summed E-state index contributed by atoms with van der Waals surface area (Å²) in [5.74, 6) is -1.67. The number of amides is 1. The molecule has 0 spiro atoms. The second-order valence-corrected chi connectivity index (χ2v) is 4.06. The van der Waals surface area contributed by atoms with Crippen molar-refractivity contribution >= 4 is 17.7 Å². The van der Waals surface area contributed by atoms with Gasteiger partial charge in [-0.1, -0.05) is 24.3 Å². The Morgan fingerprint density at radius 2 is 1.89 bits per heavy atom. The van der Waals surface area contributed by atoms with Crippen molar-refractivity contribution in [2.24, 2.45) is 0 Å². The van der Waals surface area contributed by atoms with E-state index in [1.54, 1.807) is 38.1 Å². The molecule has 1 rings (SSSR count). The Morgan fingerprint density at radius 3 is 2.42 bits per heavy atom. The maximum atomic E-state index is 12.3. The fourth-order valence-electron chi connectivity index (χ4n) is 1.67. The second-order valence-electron chi connectivity index (χ2n) is 4.06. The van der Waals surface area contributed by atoms with Gasteiger partial charge in [-0.3, -0.25) is 9.59 Å². The molecule has 0 radical (unpaired) electrons. The predicted molar refractivity (Wildman–Crippen MR) is 69.7 cm³/mol. The maximum Gasteiger partial charge on any atom is 0.336 e. The van der Waals surface area contributed by atoms with Gasteiger partial charge in [-0.15, -0.1) is 0 Å². The number of ether oxygens (including phenoxy) is 1. The number of Topliss-reactive ketones (excluding diaryl/α,β-unsaturated/α-hetero) is 1. The number of ketones is 1. The van der Waals surface area contributed by atoms with E-state index in [1.165, 1.54) is 6.92 Å². The number of nitrogens with one attached hydrogen (secondary N) is 1. The lowest BCUT2D eigenvalue weighted by Gasteiger charge is -2.16. The first-order valence-corrected chi connectivity index (χ1v) is 6.01. The third kappa shape index (κ3) is 3.91. The topological polar surface area (TPSA) is 72.5 Å². The van der Waals surface area contributed by atoms with Crippen LogP contribution in [0.5, 0.6) is 0 Å². The van der Waals surface area contributed by atoms with E-state index in [1.807, 2.05) is 0 Å². The maximum absolute atomic E-state index is 12.3. The van der Waals surface area contributed by atoms with E-state index < -0.39 is 23.7 Å². The highest BCUT2D eigenvalue weighted by Gasteiger charge is 2.30. The van der Waals surface area contributed by atoms with Gasteiger partial charge >= 0.3 is 5.97 Å². The van der Waals surface area contributed by atoms with Crippen LogP contribution in [0.15, 0.2) is 24.3 Å². The number of aryl methyl sites for hydroxylation is 1. The van der Waals surface area contributed by atoms with Crippen LogP contribution in [0, 0.1) is 6.92 Å². The first-order chi connectivity index (χ1) is 8.97. The number of hydrogen-bond donors (Lipinski definition) is 1. The molecule has 0 saturated heterocycles. The van der Waals surface area contributed by atoms with Crippen LogP contribution in [0.3, 0.4) is 0 Å². The lowest BCUT2D eigenvalue weighted by atomic mass is 9.99. The van der Waals surface area contributed by atoms with Gasteiger partial charge in [-0.05, 0) is 19.4 Å². The van der Waals surface area contributed by atoms with E-state index in [-0.39, 0.29) is 6.61 Å². The Kier molecular flexibility index (Phi) is 5.23. The monoisotopic (exact) mass is 263 g/mol. The molecule has 0 saturated carbocycles. The Morgan fingerprint density at radius 1 is 1.26 bits per heavy atom. The van der Waals surface area contributed by atoms with E-state index >= 15 is 0 Å². The van der Waals surface area contributed by atoms with Crippen LogP contribution in [0.4, 0.5) is 0 Å². The van der Waals surface area contributed by atoms with Crippen LogP contribution in [0.2, 0.25) is 0 Å². The van der Waals surface area contributed by atoms with Gasteiger partial charge in [0.25, 0.3) is 0 Å². The summed E-state index contributed by atoms with van der Waals surface area (Å²) in [5, 5.41) is 2.33. The van der Waals surface area contributed by atoms with Gasteiger partial charge in [-0.2, -0.15) is 0 Å². The predicted octanol–water partition coefficient (Wildman–Crippen LogP) is 1.25. The quantitative estimate of drug-likeness (QED) is 0.493. The fourth-order valence-corrected chi connectivity index (χ4v) is 1.67. The van der Waals surface area contributed by atoms with E-state index in [4.69, 9.17) is 4.74 Å². The number of benzene rings is 1. The Balaban J connectivity index is 3.04. The largest absolute Gasteiger partial charge is 0.464 e.